The summed E-state index contributed by atoms with van der Waals surface area (Å²) in [7, 11) is 1.57. The number of amides is 1. The molecule has 0 radical (unpaired) electrons. The predicted molar refractivity (Wildman–Crippen MR) is 78.2 cm³/mol. The third-order valence-electron chi connectivity index (χ3n) is 2.58. The van der Waals surface area contributed by atoms with Crippen LogP contribution in [0.3, 0.4) is 0 Å². The molecule has 19 heavy (non-hydrogen) atoms. The van der Waals surface area contributed by atoms with Crippen LogP contribution in [-0.4, -0.2) is 24.0 Å². The van der Waals surface area contributed by atoms with Gasteiger partial charge in [-0.15, -0.1) is 11.3 Å². The van der Waals surface area contributed by atoms with Gasteiger partial charge in [0.15, 0.2) is 0 Å². The summed E-state index contributed by atoms with van der Waals surface area (Å²) < 4.78 is 0.857. The van der Waals surface area contributed by atoms with Crippen molar-refractivity contribution in [2.24, 2.45) is 0 Å². The monoisotopic (exact) mass is 339 g/mol. The number of para-hydroxylation sites is 1. The van der Waals surface area contributed by atoms with E-state index in [1.807, 2.05) is 0 Å². The van der Waals surface area contributed by atoms with Crippen LogP contribution in [0.5, 0.6) is 0 Å². The Morgan fingerprint density at radius 3 is 2.47 bits per heavy atom. The summed E-state index contributed by atoms with van der Waals surface area (Å²) in [5, 5.41) is 9.13. The smallest absolute Gasteiger partial charge is 0.337 e. The zero-order chi connectivity index (χ0) is 14.0. The van der Waals surface area contributed by atoms with E-state index in [1.54, 1.807) is 37.4 Å². The molecule has 4 nitrogen and oxygen atoms in total. The first-order chi connectivity index (χ1) is 9.00. The molecule has 1 aromatic heterocycles. The summed E-state index contributed by atoms with van der Waals surface area (Å²) in [6.45, 7) is 0. The molecule has 0 saturated carbocycles. The highest BCUT2D eigenvalue weighted by atomic mass is 79.9. The lowest BCUT2D eigenvalue weighted by atomic mass is 10.1. The molecule has 2 aromatic rings. The van der Waals surface area contributed by atoms with Crippen molar-refractivity contribution in [3.63, 3.8) is 0 Å². The van der Waals surface area contributed by atoms with Gasteiger partial charge in [0, 0.05) is 7.05 Å². The molecule has 1 amide bonds. The van der Waals surface area contributed by atoms with Gasteiger partial charge in [-0.25, -0.2) is 4.79 Å². The van der Waals surface area contributed by atoms with Crippen molar-refractivity contribution in [3.05, 3.63) is 50.6 Å². The second kappa shape index (κ2) is 5.54. The van der Waals surface area contributed by atoms with Crippen LogP contribution in [0.15, 0.2) is 40.2 Å². The number of thiophene rings is 1. The van der Waals surface area contributed by atoms with E-state index in [2.05, 4.69) is 15.9 Å². The van der Waals surface area contributed by atoms with Crippen LogP contribution >= 0.6 is 27.3 Å². The van der Waals surface area contributed by atoms with Crippen molar-refractivity contribution in [1.29, 1.82) is 0 Å². The summed E-state index contributed by atoms with van der Waals surface area (Å²) in [5.41, 5.74) is 0.485. The van der Waals surface area contributed by atoms with Crippen molar-refractivity contribution in [3.8, 4) is 0 Å². The Hall–Kier alpha value is -1.66. The topological polar surface area (TPSA) is 57.6 Å². The van der Waals surface area contributed by atoms with E-state index in [-0.39, 0.29) is 11.5 Å². The van der Waals surface area contributed by atoms with Crippen LogP contribution < -0.4 is 4.90 Å². The second-order valence-corrected chi connectivity index (χ2v) is 6.25. The average Bonchev–Trinajstić information content (AvgIpc) is 2.83. The minimum absolute atomic E-state index is 0.106. The van der Waals surface area contributed by atoms with Gasteiger partial charge in [-0.1, -0.05) is 12.1 Å². The number of anilines is 1. The molecule has 0 bridgehead atoms. The van der Waals surface area contributed by atoms with Crippen LogP contribution in [0.1, 0.15) is 20.0 Å². The molecular weight excluding hydrogens is 330 g/mol. The van der Waals surface area contributed by atoms with E-state index in [0.717, 1.165) is 3.79 Å². The molecule has 0 aliphatic heterocycles. The zero-order valence-electron chi connectivity index (χ0n) is 9.96. The average molecular weight is 340 g/mol. The molecule has 0 saturated heterocycles. The summed E-state index contributed by atoms with van der Waals surface area (Å²) in [6.07, 6.45) is 0. The maximum absolute atomic E-state index is 12.3. The molecule has 98 valence electrons. The Kier molecular flexibility index (Phi) is 4.01. The van der Waals surface area contributed by atoms with Gasteiger partial charge < -0.3 is 10.0 Å². The molecule has 0 unspecified atom stereocenters. The van der Waals surface area contributed by atoms with Crippen molar-refractivity contribution in [2.45, 2.75) is 0 Å². The number of carbonyl (C=O) groups is 2. The SMILES string of the molecule is CN(C(=O)c1ccc(Br)s1)c1ccccc1C(=O)O. The Morgan fingerprint density at radius 2 is 1.89 bits per heavy atom. The maximum Gasteiger partial charge on any atom is 0.337 e. The molecule has 0 fully saturated rings. The molecule has 0 spiro atoms. The fraction of sp³-hybridized carbons (Fsp3) is 0.0769. The number of rotatable bonds is 3. The van der Waals surface area contributed by atoms with E-state index in [9.17, 15) is 9.59 Å². The molecule has 1 N–H and O–H groups in total. The number of nitrogens with zero attached hydrogens (tertiary/aromatic N) is 1. The lowest BCUT2D eigenvalue weighted by Gasteiger charge is -2.18. The van der Waals surface area contributed by atoms with Gasteiger partial charge in [0.2, 0.25) is 0 Å². The maximum atomic E-state index is 12.3. The largest absolute Gasteiger partial charge is 0.478 e. The van der Waals surface area contributed by atoms with E-state index in [1.165, 1.54) is 22.3 Å². The van der Waals surface area contributed by atoms with Gasteiger partial charge in [-0.05, 0) is 40.2 Å². The fourth-order valence-electron chi connectivity index (χ4n) is 1.65. The molecule has 0 aliphatic rings. The normalized spacial score (nSPS) is 10.2. The van der Waals surface area contributed by atoms with Crippen molar-refractivity contribution in [2.75, 3.05) is 11.9 Å². The number of hydrogen-bond donors (Lipinski definition) is 1. The quantitative estimate of drug-likeness (QED) is 0.931. The van der Waals surface area contributed by atoms with Gasteiger partial charge in [0.1, 0.15) is 0 Å². The van der Waals surface area contributed by atoms with Gasteiger partial charge >= 0.3 is 5.97 Å². The first-order valence-electron chi connectivity index (χ1n) is 5.36. The van der Waals surface area contributed by atoms with Gasteiger partial charge in [0.25, 0.3) is 5.91 Å². The Balaban J connectivity index is 2.37. The highest BCUT2D eigenvalue weighted by molar-refractivity contribution is 9.11. The Labute approximate surface area is 122 Å². The van der Waals surface area contributed by atoms with Gasteiger partial charge in [-0.2, -0.15) is 0 Å². The van der Waals surface area contributed by atoms with Crippen LogP contribution in [0, 0.1) is 0 Å². The Morgan fingerprint density at radius 1 is 1.21 bits per heavy atom. The molecular formula is C13H10BrNO3S. The van der Waals surface area contributed by atoms with E-state index < -0.39 is 5.97 Å². The van der Waals surface area contributed by atoms with E-state index in [4.69, 9.17) is 5.11 Å². The minimum Gasteiger partial charge on any atom is -0.478 e. The number of carboxylic acids is 1. The molecule has 1 aromatic carbocycles. The van der Waals surface area contributed by atoms with Gasteiger partial charge in [0.05, 0.1) is 19.9 Å². The summed E-state index contributed by atoms with van der Waals surface area (Å²) in [5.74, 6) is -1.29. The summed E-state index contributed by atoms with van der Waals surface area (Å²) in [4.78, 5) is 25.3. The Bertz CT molecular complexity index is 638. The van der Waals surface area contributed by atoms with Crippen LogP contribution in [0.4, 0.5) is 5.69 Å². The molecule has 2 rings (SSSR count). The van der Waals surface area contributed by atoms with Gasteiger partial charge in [-0.3, -0.25) is 4.79 Å². The number of carbonyl (C=O) groups excluding carboxylic acids is 1. The third kappa shape index (κ3) is 2.85. The number of halogens is 1. The van der Waals surface area contributed by atoms with Crippen molar-refractivity contribution >= 4 is 44.8 Å². The number of benzene rings is 1. The van der Waals surface area contributed by atoms with E-state index >= 15 is 0 Å². The molecule has 0 aliphatic carbocycles. The first kappa shape index (κ1) is 13.8. The lowest BCUT2D eigenvalue weighted by Crippen LogP contribution is -2.27. The summed E-state index contributed by atoms with van der Waals surface area (Å²) in [6, 6.07) is 9.92. The minimum atomic E-state index is -1.05. The zero-order valence-corrected chi connectivity index (χ0v) is 12.4. The first-order valence-corrected chi connectivity index (χ1v) is 6.97. The standard InChI is InChI=1S/C13H10BrNO3S/c1-15(12(16)10-6-7-11(14)19-10)9-5-3-2-4-8(9)13(17)18/h2-7H,1H3,(H,17,18). The van der Waals surface area contributed by atoms with Crippen LogP contribution in [0.25, 0.3) is 0 Å². The van der Waals surface area contributed by atoms with Crippen LogP contribution in [0.2, 0.25) is 0 Å². The number of carboxylic acid groups (broad SMARTS) is 1. The number of hydrogen-bond acceptors (Lipinski definition) is 3. The van der Waals surface area contributed by atoms with Crippen molar-refractivity contribution in [1.82, 2.24) is 0 Å². The third-order valence-corrected chi connectivity index (χ3v) is 4.20. The fourth-order valence-corrected chi connectivity index (χ4v) is 3.01. The second-order valence-electron chi connectivity index (χ2n) is 3.79. The van der Waals surface area contributed by atoms with Crippen molar-refractivity contribution < 1.29 is 14.7 Å². The molecule has 6 heteroatoms. The highest BCUT2D eigenvalue weighted by Crippen LogP contribution is 2.26. The molecule has 0 atom stereocenters. The number of aromatic carboxylic acids is 1. The lowest BCUT2D eigenvalue weighted by molar-refractivity contribution is 0.0697. The van der Waals surface area contributed by atoms with E-state index in [0.29, 0.717) is 10.6 Å². The predicted octanol–water partition coefficient (Wildman–Crippen LogP) is 3.49. The molecule has 1 heterocycles. The van der Waals surface area contributed by atoms with Crippen LogP contribution in [-0.2, 0) is 0 Å². The highest BCUT2D eigenvalue weighted by Gasteiger charge is 2.20. The summed E-state index contributed by atoms with van der Waals surface area (Å²) >= 11 is 4.61.